The van der Waals surface area contributed by atoms with Crippen LogP contribution in [0.2, 0.25) is 0 Å². The van der Waals surface area contributed by atoms with Crippen molar-refractivity contribution < 1.29 is 37.6 Å². The van der Waals surface area contributed by atoms with Gasteiger partial charge in [0.15, 0.2) is 0 Å². The Morgan fingerprint density at radius 2 is 0.400 bits per heavy atom. The van der Waals surface area contributed by atoms with E-state index in [0.29, 0.717) is 0 Å². The molecule has 0 rings (SSSR count). The van der Waals surface area contributed by atoms with Gasteiger partial charge in [0, 0.05) is 0 Å². The molecule has 0 spiro atoms. The van der Waals surface area contributed by atoms with E-state index in [0.717, 1.165) is 0 Å². The summed E-state index contributed by atoms with van der Waals surface area (Å²) in [5.41, 5.74) is 0. The van der Waals surface area contributed by atoms with Gasteiger partial charge in [-0.15, -0.1) is 0 Å². The monoisotopic (exact) mass is 200 g/mol. The Bertz CT molecular complexity index is 9.22. The third-order valence-electron chi connectivity index (χ3n) is 0. The van der Waals surface area contributed by atoms with Crippen molar-refractivity contribution >= 4 is 11.0 Å². The van der Waals surface area contributed by atoms with E-state index in [1.165, 1.54) is 0 Å². The first kappa shape index (κ1) is 6150. The normalized spacial score (nSPS) is 0. The molecule has 0 amide bonds. The molecule has 10 heavy (non-hydrogen) atoms. The molecule has 0 radical (unpaired) electrons. The number of hydrogen-bond acceptors (Lipinski definition) is 0. The average Bonchev–Trinajstić information content (AvgIpc) is 0. The second-order valence-electron chi connectivity index (χ2n) is 0. The van der Waals surface area contributed by atoms with Crippen LogP contribution in [-0.4, -0.2) is 11.0 Å². The van der Waals surface area contributed by atoms with Crippen molar-refractivity contribution in [2.45, 2.75) is 0 Å². The summed E-state index contributed by atoms with van der Waals surface area (Å²) >= 11 is 0. The Labute approximate surface area is 57.3 Å². The first-order valence-electron chi connectivity index (χ1n) is 0. The van der Waals surface area contributed by atoms with Crippen LogP contribution in [0.15, 0.2) is 0 Å². The van der Waals surface area contributed by atoms with Gasteiger partial charge >= 0.3 is 7.43 Å². The van der Waals surface area contributed by atoms with Crippen LogP contribution in [0.4, 0.5) is 18.8 Å². The third kappa shape index (κ3) is 2880. The Morgan fingerprint density at radius 1 is 0.400 bits per heavy atom. The molecule has 0 aliphatic rings. The molecule has 0 nitrogen and oxygen atoms in total. The average molecular weight is 200 g/mol. The topological polar surface area (TPSA) is 0 Å². The van der Waals surface area contributed by atoms with Gasteiger partial charge in [-0.2, -0.15) is 0 Å². The van der Waals surface area contributed by atoms with Crippen LogP contribution in [0.25, 0.3) is 0 Å². The maximum Gasteiger partial charge on any atom is 4.00 e. The molecule has 0 atom stereocenters. The Balaban J connectivity index is 0. The zero-order chi connectivity index (χ0) is 0. The predicted octanol–water partition coefficient (Wildman–Crippen LogP) is -12.7. The number of hydrogen-bond donors (Lipinski definition) is 0. The van der Waals surface area contributed by atoms with Gasteiger partial charge in [-0.3, -0.25) is 18.8 Å². The van der Waals surface area contributed by atoms with Crippen molar-refractivity contribution in [3.8, 4) is 0 Å². The molecule has 0 aromatic rings. The van der Waals surface area contributed by atoms with Gasteiger partial charge in [0.25, 0.3) is 0 Å². The van der Waals surface area contributed by atoms with E-state index in [4.69, 9.17) is 0 Å². The summed E-state index contributed by atoms with van der Waals surface area (Å²) in [4.78, 5) is 0. The smallest absolute Gasteiger partial charge is 1.00 e. The Kier molecular flexibility index (Phi) is 2650000. The van der Waals surface area contributed by atoms with E-state index in [-0.39, 0.29) is 56.0 Å². The Morgan fingerprint density at radius 3 is 0.400 bits per heavy atom. The largest absolute Gasteiger partial charge is 4.00 e. The van der Waals surface area contributed by atoms with Gasteiger partial charge in [-0.1, -0.05) is 0 Å². The second kappa shape index (κ2) is 4310. The summed E-state index contributed by atoms with van der Waals surface area (Å²) < 4.78 is 0. The van der Waals surface area contributed by atoms with E-state index in [1.807, 2.05) is 0 Å². The minimum atomic E-state index is 0. The van der Waals surface area contributed by atoms with E-state index in [1.54, 1.807) is 0 Å². The quantitative estimate of drug-likeness (QED) is 0.269. The van der Waals surface area contributed by atoms with Crippen LogP contribution < -0.4 is 18.8 Å². The summed E-state index contributed by atoms with van der Waals surface area (Å²) in [6.07, 6.45) is 0. The summed E-state index contributed by atoms with van der Waals surface area (Å²) in [6, 6.07) is 0. The maximum absolute atomic E-state index is 0. The van der Waals surface area contributed by atoms with Gasteiger partial charge in [0.05, 0.1) is 0 Å². The van der Waals surface area contributed by atoms with E-state index < -0.39 is 0 Å². The summed E-state index contributed by atoms with van der Waals surface area (Å²) in [5, 5.41) is 0. The van der Waals surface area contributed by atoms with Crippen LogP contribution in [0.3, 0.4) is 0 Å². The summed E-state index contributed by atoms with van der Waals surface area (Å²) in [5.74, 6) is 0. The standard InChI is InChI=1S/C.8FH.H4Si/h;8*1H;1H4/q+4;;;;;;;;;/p-4. The van der Waals surface area contributed by atoms with Crippen LogP contribution in [0, 0.1) is 7.43 Å². The van der Waals surface area contributed by atoms with Crippen molar-refractivity contribution in [3.05, 3.63) is 7.43 Å². The third-order valence-corrected chi connectivity index (χ3v) is 0. The molecule has 0 aliphatic heterocycles. The van der Waals surface area contributed by atoms with E-state index in [9.17, 15) is 0 Å². The zero-order valence-corrected chi connectivity index (χ0v) is 3.64. The van der Waals surface area contributed by atoms with Crippen molar-refractivity contribution in [1.82, 2.24) is 0 Å². The Hall–Kier alpha value is -0.343. The predicted molar refractivity (Wildman–Crippen MR) is 24.6 cm³/mol. The molecule has 72 valence electrons. The minimum Gasteiger partial charge on any atom is -1.00 e. The first-order valence-corrected chi connectivity index (χ1v) is 0. The SMILES string of the molecule is F.F.F.F.[C+4].[F-].[F-].[F-].[F-].[SiH4]. The van der Waals surface area contributed by atoms with Crippen molar-refractivity contribution in [3.63, 3.8) is 0 Å². The van der Waals surface area contributed by atoms with Gasteiger partial charge in [-0.05, 0) is 11.0 Å². The second-order valence-corrected chi connectivity index (χ2v) is 0. The molecule has 0 saturated heterocycles. The van der Waals surface area contributed by atoms with Crippen LogP contribution in [0.5, 0.6) is 0 Å². The van der Waals surface area contributed by atoms with Gasteiger partial charge in [0.1, 0.15) is 0 Å². The van der Waals surface area contributed by atoms with E-state index in [2.05, 4.69) is 0 Å². The van der Waals surface area contributed by atoms with Gasteiger partial charge < -0.3 is 18.8 Å². The summed E-state index contributed by atoms with van der Waals surface area (Å²) in [7, 11) is 0. The molecule has 0 aromatic heterocycles. The molecule has 0 N–H and O–H groups in total. The molecule has 0 fully saturated rings. The molecule has 9 heteroatoms. The first-order chi connectivity index (χ1) is 0. The maximum atomic E-state index is 0. The molecule has 0 aromatic carbocycles. The van der Waals surface area contributed by atoms with Crippen LogP contribution >= 0.6 is 0 Å². The van der Waals surface area contributed by atoms with Crippen molar-refractivity contribution in [1.29, 1.82) is 0 Å². The molecular weight excluding hydrogens is 192 g/mol. The van der Waals surface area contributed by atoms with E-state index >= 15 is 0 Å². The molecule has 0 heterocycles. The molecule has 0 saturated carbocycles. The minimum absolute atomic E-state index is 0. The fraction of sp³-hybridized carbons (Fsp3) is 0. The molecular formula is CH8F8Si. The molecule has 0 bridgehead atoms. The van der Waals surface area contributed by atoms with Gasteiger partial charge in [-0.25, -0.2) is 0 Å². The fourth-order valence-corrected chi connectivity index (χ4v) is 0. The number of halogens is 8. The van der Waals surface area contributed by atoms with Crippen LogP contribution in [-0.2, 0) is 0 Å². The van der Waals surface area contributed by atoms with Gasteiger partial charge in [0.2, 0.25) is 0 Å². The van der Waals surface area contributed by atoms with Crippen LogP contribution in [0.1, 0.15) is 0 Å². The zero-order valence-electron chi connectivity index (χ0n) is 3.64. The summed E-state index contributed by atoms with van der Waals surface area (Å²) in [6.45, 7) is 0. The van der Waals surface area contributed by atoms with Crippen molar-refractivity contribution in [2.24, 2.45) is 0 Å². The molecule has 0 aliphatic carbocycles. The fourth-order valence-electron chi connectivity index (χ4n) is 0. The van der Waals surface area contributed by atoms with Crippen molar-refractivity contribution in [2.75, 3.05) is 0 Å². The molecule has 0 unspecified atom stereocenters. The number of rotatable bonds is 0.